The molecule has 0 aliphatic rings. The van der Waals surface area contributed by atoms with Gasteiger partial charge in [-0.3, -0.25) is 0 Å². The molecule has 0 aliphatic carbocycles. The van der Waals surface area contributed by atoms with E-state index in [0.717, 1.165) is 0 Å². The highest BCUT2D eigenvalue weighted by Gasteiger charge is 2.53. The fourth-order valence-electron chi connectivity index (χ4n) is 0.310. The molecule has 0 radical (unpaired) electrons. The van der Waals surface area contributed by atoms with Gasteiger partial charge in [-0.1, -0.05) is 23.2 Å². The van der Waals surface area contributed by atoms with Gasteiger partial charge in [0.05, 0.1) is 6.42 Å². The summed E-state index contributed by atoms with van der Waals surface area (Å²) >= 11 is 9.14. The van der Waals surface area contributed by atoms with Crippen LogP contribution in [0.15, 0.2) is 0 Å². The second-order valence-corrected chi connectivity index (χ2v) is 3.28. The Kier molecular flexibility index (Phi) is 3.38. The standard InChI is InChI=1S/C4H3Cl2F5/c5-3(6,1-2(7)8)4(9,10)11/h2H,1H2. The lowest BCUT2D eigenvalue weighted by molar-refractivity contribution is -0.149. The van der Waals surface area contributed by atoms with Gasteiger partial charge in [-0.15, -0.1) is 0 Å². The van der Waals surface area contributed by atoms with E-state index in [4.69, 9.17) is 0 Å². The van der Waals surface area contributed by atoms with Crippen LogP contribution in [-0.4, -0.2) is 16.9 Å². The molecule has 0 bridgehead atoms. The van der Waals surface area contributed by atoms with Crippen molar-refractivity contribution in [1.29, 1.82) is 0 Å². The van der Waals surface area contributed by atoms with Crippen LogP contribution >= 0.6 is 23.2 Å². The van der Waals surface area contributed by atoms with E-state index < -0.39 is 23.4 Å². The second-order valence-electron chi connectivity index (χ2n) is 1.80. The molecular formula is C4H3Cl2F5. The van der Waals surface area contributed by atoms with Crippen molar-refractivity contribution < 1.29 is 22.0 Å². The van der Waals surface area contributed by atoms with Gasteiger partial charge in [0.2, 0.25) is 10.8 Å². The van der Waals surface area contributed by atoms with Crippen LogP contribution in [0.5, 0.6) is 0 Å². The van der Waals surface area contributed by atoms with E-state index in [1.807, 2.05) is 0 Å². The number of hydrogen-bond donors (Lipinski definition) is 0. The van der Waals surface area contributed by atoms with Gasteiger partial charge in [0.15, 0.2) is 0 Å². The van der Waals surface area contributed by atoms with Crippen molar-refractivity contribution in [3.05, 3.63) is 0 Å². The van der Waals surface area contributed by atoms with E-state index in [9.17, 15) is 22.0 Å². The van der Waals surface area contributed by atoms with E-state index >= 15 is 0 Å². The van der Waals surface area contributed by atoms with Crippen LogP contribution < -0.4 is 0 Å². The van der Waals surface area contributed by atoms with Crippen LogP contribution in [0, 0.1) is 0 Å². The fraction of sp³-hybridized carbons (Fsp3) is 1.00. The Bertz CT molecular complexity index is 129. The first-order chi connectivity index (χ1) is 4.67. The maximum Gasteiger partial charge on any atom is 0.421 e. The Morgan fingerprint density at radius 3 is 1.55 bits per heavy atom. The summed E-state index contributed by atoms with van der Waals surface area (Å²) in [5.41, 5.74) is 0. The van der Waals surface area contributed by atoms with E-state index in [1.165, 1.54) is 0 Å². The van der Waals surface area contributed by atoms with Crippen LogP contribution in [0.3, 0.4) is 0 Å². The highest BCUT2D eigenvalue weighted by molar-refractivity contribution is 6.49. The van der Waals surface area contributed by atoms with Crippen molar-refractivity contribution in [1.82, 2.24) is 0 Å². The average molecular weight is 217 g/mol. The van der Waals surface area contributed by atoms with Crippen molar-refractivity contribution in [2.45, 2.75) is 23.4 Å². The molecular weight excluding hydrogens is 214 g/mol. The Balaban J connectivity index is 4.22. The monoisotopic (exact) mass is 216 g/mol. The van der Waals surface area contributed by atoms with Crippen LogP contribution in [0.2, 0.25) is 0 Å². The van der Waals surface area contributed by atoms with E-state index in [1.54, 1.807) is 0 Å². The smallest absolute Gasteiger partial charge is 0.210 e. The van der Waals surface area contributed by atoms with Crippen LogP contribution in [0.1, 0.15) is 6.42 Å². The van der Waals surface area contributed by atoms with Gasteiger partial charge in [0.1, 0.15) is 0 Å². The fourth-order valence-corrected chi connectivity index (χ4v) is 0.543. The molecule has 11 heavy (non-hydrogen) atoms. The summed E-state index contributed by atoms with van der Waals surface area (Å²) in [4.78, 5) is 0. The van der Waals surface area contributed by atoms with E-state index in [-0.39, 0.29) is 0 Å². The number of hydrogen-bond acceptors (Lipinski definition) is 0. The average Bonchev–Trinajstić information content (AvgIpc) is 1.56. The first-order valence-electron chi connectivity index (χ1n) is 2.39. The van der Waals surface area contributed by atoms with Gasteiger partial charge < -0.3 is 0 Å². The molecule has 0 aliphatic heterocycles. The summed E-state index contributed by atoms with van der Waals surface area (Å²) in [7, 11) is 0. The molecule has 0 fully saturated rings. The maximum absolute atomic E-state index is 11.6. The van der Waals surface area contributed by atoms with Crippen molar-refractivity contribution in [3.8, 4) is 0 Å². The molecule has 0 amide bonds. The molecule has 0 saturated heterocycles. The summed E-state index contributed by atoms with van der Waals surface area (Å²) in [5, 5.41) is 0. The molecule has 0 unspecified atom stereocenters. The minimum absolute atomic E-state index is 1.61. The second kappa shape index (κ2) is 3.31. The topological polar surface area (TPSA) is 0 Å². The van der Waals surface area contributed by atoms with Crippen molar-refractivity contribution in [2.24, 2.45) is 0 Å². The molecule has 0 saturated carbocycles. The molecule has 0 aromatic carbocycles. The molecule has 7 heteroatoms. The minimum atomic E-state index is -5.02. The van der Waals surface area contributed by atoms with Gasteiger partial charge in [-0.25, -0.2) is 8.78 Å². The van der Waals surface area contributed by atoms with Crippen LogP contribution in [-0.2, 0) is 0 Å². The normalized spacial score (nSPS) is 14.2. The van der Waals surface area contributed by atoms with Crippen molar-refractivity contribution in [2.75, 3.05) is 0 Å². The number of halogens is 7. The largest absolute Gasteiger partial charge is 0.421 e. The zero-order chi connectivity index (χ0) is 9.28. The molecule has 0 aromatic rings. The molecule has 0 rings (SSSR count). The molecule has 0 spiro atoms. The zero-order valence-electron chi connectivity index (χ0n) is 4.93. The van der Waals surface area contributed by atoms with Gasteiger partial charge in [0, 0.05) is 0 Å². The third-order valence-corrected chi connectivity index (χ3v) is 1.56. The lowest BCUT2D eigenvalue weighted by Crippen LogP contribution is -2.35. The number of rotatable bonds is 2. The summed E-state index contributed by atoms with van der Waals surface area (Å²) in [6.07, 6.45) is -9.81. The van der Waals surface area contributed by atoms with Gasteiger partial charge in [-0.2, -0.15) is 13.2 Å². The minimum Gasteiger partial charge on any atom is -0.210 e. The Morgan fingerprint density at radius 2 is 1.45 bits per heavy atom. The highest BCUT2D eigenvalue weighted by atomic mass is 35.5. The molecule has 0 atom stereocenters. The van der Waals surface area contributed by atoms with Crippen molar-refractivity contribution in [3.63, 3.8) is 0 Å². The Hall–Kier alpha value is 0.230. The Labute approximate surface area is 69.3 Å². The van der Waals surface area contributed by atoms with Gasteiger partial charge >= 0.3 is 6.18 Å². The SMILES string of the molecule is FC(F)CC(Cl)(Cl)C(F)(F)F. The third-order valence-electron chi connectivity index (χ3n) is 0.825. The predicted octanol–water partition coefficient (Wildman–Crippen LogP) is 3.38. The first kappa shape index (κ1) is 11.2. The summed E-state index contributed by atoms with van der Waals surface area (Å²) < 4.78 is 54.2. The molecule has 0 nitrogen and oxygen atoms in total. The molecule has 0 aromatic heterocycles. The predicted molar refractivity (Wildman–Crippen MR) is 31.1 cm³/mol. The summed E-state index contributed by atoms with van der Waals surface area (Å²) in [6.45, 7) is 0. The van der Waals surface area contributed by atoms with Crippen molar-refractivity contribution >= 4 is 23.2 Å². The number of alkyl halides is 7. The van der Waals surface area contributed by atoms with E-state index in [2.05, 4.69) is 23.2 Å². The zero-order valence-corrected chi connectivity index (χ0v) is 6.44. The van der Waals surface area contributed by atoms with Crippen LogP contribution in [0.25, 0.3) is 0 Å². The molecule has 0 N–H and O–H groups in total. The lowest BCUT2D eigenvalue weighted by atomic mass is 10.3. The first-order valence-corrected chi connectivity index (χ1v) is 3.15. The summed E-state index contributed by atoms with van der Waals surface area (Å²) in [6, 6.07) is 0. The Morgan fingerprint density at radius 1 is 1.09 bits per heavy atom. The highest BCUT2D eigenvalue weighted by Crippen LogP contribution is 2.43. The van der Waals surface area contributed by atoms with Gasteiger partial charge in [-0.05, 0) is 0 Å². The van der Waals surface area contributed by atoms with Gasteiger partial charge in [0.25, 0.3) is 0 Å². The molecule has 68 valence electrons. The lowest BCUT2D eigenvalue weighted by Gasteiger charge is -2.21. The van der Waals surface area contributed by atoms with E-state index in [0.29, 0.717) is 0 Å². The summed E-state index contributed by atoms with van der Waals surface area (Å²) in [5.74, 6) is 0. The maximum atomic E-state index is 11.6. The molecule has 0 heterocycles. The quantitative estimate of drug-likeness (QED) is 0.491. The van der Waals surface area contributed by atoms with Crippen LogP contribution in [0.4, 0.5) is 22.0 Å². The third kappa shape index (κ3) is 3.42.